The molecule has 0 spiro atoms. The maximum absolute atomic E-state index is 12.9. The standard InChI is InChI=1S/C11H14F2OSi/c1-4-5-15(2,3)14-11-7-9(12)6-10(13)8-11/h4,6-8H,1,5H2,2-3H3. The summed E-state index contributed by atoms with van der Waals surface area (Å²) in [5.41, 5.74) is 0. The van der Waals surface area contributed by atoms with Crippen molar-refractivity contribution in [1.29, 1.82) is 0 Å². The molecule has 1 aromatic carbocycles. The van der Waals surface area contributed by atoms with Crippen molar-refractivity contribution < 1.29 is 13.2 Å². The fraction of sp³-hybridized carbons (Fsp3) is 0.273. The zero-order valence-electron chi connectivity index (χ0n) is 8.89. The van der Waals surface area contributed by atoms with Crippen molar-refractivity contribution in [3.63, 3.8) is 0 Å². The molecule has 0 fully saturated rings. The van der Waals surface area contributed by atoms with Crippen molar-refractivity contribution in [2.45, 2.75) is 19.1 Å². The van der Waals surface area contributed by atoms with Gasteiger partial charge in [0, 0.05) is 18.2 Å². The van der Waals surface area contributed by atoms with Crippen LogP contribution < -0.4 is 4.43 Å². The number of hydrogen-bond acceptors (Lipinski definition) is 1. The van der Waals surface area contributed by atoms with E-state index in [0.717, 1.165) is 12.1 Å². The molecule has 1 rings (SSSR count). The molecule has 0 aliphatic heterocycles. The summed E-state index contributed by atoms with van der Waals surface area (Å²) in [5, 5.41) is 0. The molecule has 0 saturated carbocycles. The monoisotopic (exact) mass is 228 g/mol. The van der Waals surface area contributed by atoms with E-state index in [2.05, 4.69) is 6.58 Å². The van der Waals surface area contributed by atoms with E-state index in [4.69, 9.17) is 4.43 Å². The molecule has 0 amide bonds. The summed E-state index contributed by atoms with van der Waals surface area (Å²) < 4.78 is 31.3. The topological polar surface area (TPSA) is 9.23 Å². The highest BCUT2D eigenvalue weighted by Crippen LogP contribution is 2.21. The van der Waals surface area contributed by atoms with Gasteiger partial charge in [0.1, 0.15) is 17.4 Å². The largest absolute Gasteiger partial charge is 0.544 e. The first-order chi connectivity index (χ1) is 6.93. The number of rotatable bonds is 4. The van der Waals surface area contributed by atoms with Gasteiger partial charge < -0.3 is 4.43 Å². The molecule has 0 aliphatic rings. The quantitative estimate of drug-likeness (QED) is 0.563. The van der Waals surface area contributed by atoms with Gasteiger partial charge in [0.15, 0.2) is 0 Å². The highest BCUT2D eigenvalue weighted by atomic mass is 28.4. The summed E-state index contributed by atoms with van der Waals surface area (Å²) in [4.78, 5) is 0. The number of allylic oxidation sites excluding steroid dienone is 1. The molecule has 0 heterocycles. The first-order valence-corrected chi connectivity index (χ1v) is 7.80. The van der Waals surface area contributed by atoms with Gasteiger partial charge >= 0.3 is 0 Å². The molecule has 1 nitrogen and oxygen atoms in total. The third-order valence-corrected chi connectivity index (χ3v) is 3.93. The maximum atomic E-state index is 12.9. The van der Waals surface area contributed by atoms with Crippen LogP contribution in [0.25, 0.3) is 0 Å². The minimum atomic E-state index is -1.94. The van der Waals surface area contributed by atoms with Crippen molar-refractivity contribution in [3.05, 3.63) is 42.5 Å². The Labute approximate surface area is 89.5 Å². The highest BCUT2D eigenvalue weighted by Gasteiger charge is 2.22. The van der Waals surface area contributed by atoms with Crippen molar-refractivity contribution in [2.24, 2.45) is 0 Å². The summed E-state index contributed by atoms with van der Waals surface area (Å²) in [5.74, 6) is -0.979. The van der Waals surface area contributed by atoms with Crippen molar-refractivity contribution in [2.75, 3.05) is 0 Å². The van der Waals surface area contributed by atoms with E-state index in [9.17, 15) is 8.78 Å². The average molecular weight is 228 g/mol. The van der Waals surface area contributed by atoms with Crippen molar-refractivity contribution in [3.8, 4) is 5.75 Å². The lowest BCUT2D eigenvalue weighted by Gasteiger charge is -2.22. The Kier molecular flexibility index (Phi) is 3.63. The predicted octanol–water partition coefficient (Wildman–Crippen LogP) is 3.73. The van der Waals surface area contributed by atoms with Crippen LogP contribution in [-0.4, -0.2) is 8.32 Å². The van der Waals surface area contributed by atoms with E-state index in [-0.39, 0.29) is 5.75 Å². The molecular formula is C11H14F2OSi. The zero-order chi connectivity index (χ0) is 11.5. The van der Waals surface area contributed by atoms with E-state index in [1.165, 1.54) is 12.1 Å². The number of halogens is 2. The second kappa shape index (κ2) is 4.57. The van der Waals surface area contributed by atoms with E-state index < -0.39 is 20.0 Å². The van der Waals surface area contributed by atoms with Gasteiger partial charge in [0.2, 0.25) is 8.32 Å². The average Bonchev–Trinajstić information content (AvgIpc) is 1.99. The Hall–Kier alpha value is -1.16. The third-order valence-electron chi connectivity index (χ3n) is 1.87. The van der Waals surface area contributed by atoms with Gasteiger partial charge in [-0.1, -0.05) is 6.08 Å². The van der Waals surface area contributed by atoms with Crippen LogP contribution in [0.5, 0.6) is 5.75 Å². The van der Waals surface area contributed by atoms with Crippen molar-refractivity contribution >= 4 is 8.32 Å². The molecule has 0 N–H and O–H groups in total. The maximum Gasteiger partial charge on any atom is 0.248 e. The minimum absolute atomic E-state index is 0.256. The van der Waals surface area contributed by atoms with Gasteiger partial charge in [-0.25, -0.2) is 8.78 Å². The molecule has 1 aromatic rings. The van der Waals surface area contributed by atoms with Crippen LogP contribution in [0.2, 0.25) is 19.1 Å². The Morgan fingerprint density at radius 1 is 1.27 bits per heavy atom. The zero-order valence-corrected chi connectivity index (χ0v) is 9.89. The van der Waals surface area contributed by atoms with E-state index in [1.807, 2.05) is 13.1 Å². The molecule has 82 valence electrons. The fourth-order valence-corrected chi connectivity index (χ4v) is 2.83. The van der Waals surface area contributed by atoms with E-state index >= 15 is 0 Å². The fourth-order valence-electron chi connectivity index (χ4n) is 1.30. The molecule has 0 aliphatic carbocycles. The first kappa shape index (κ1) is 11.9. The van der Waals surface area contributed by atoms with Crippen LogP contribution in [0.4, 0.5) is 8.78 Å². The summed E-state index contributed by atoms with van der Waals surface area (Å²) in [6, 6.07) is 3.96. The predicted molar refractivity (Wildman–Crippen MR) is 59.5 cm³/mol. The minimum Gasteiger partial charge on any atom is -0.544 e. The highest BCUT2D eigenvalue weighted by molar-refractivity contribution is 6.72. The lowest BCUT2D eigenvalue weighted by atomic mass is 10.3. The molecule has 0 aromatic heterocycles. The van der Waals surface area contributed by atoms with Gasteiger partial charge in [0.25, 0.3) is 0 Å². The number of benzene rings is 1. The molecule has 0 saturated heterocycles. The van der Waals surface area contributed by atoms with Crippen LogP contribution in [-0.2, 0) is 0 Å². The van der Waals surface area contributed by atoms with Crippen molar-refractivity contribution in [1.82, 2.24) is 0 Å². The van der Waals surface area contributed by atoms with Gasteiger partial charge in [-0.3, -0.25) is 0 Å². The Morgan fingerprint density at radius 3 is 2.27 bits per heavy atom. The van der Waals surface area contributed by atoms with Gasteiger partial charge in [-0.05, 0) is 19.1 Å². The summed E-state index contributed by atoms with van der Waals surface area (Å²) in [6.45, 7) is 7.57. The molecule has 0 unspecified atom stereocenters. The summed E-state index contributed by atoms with van der Waals surface area (Å²) in [7, 11) is -1.94. The number of hydrogen-bond donors (Lipinski definition) is 0. The summed E-state index contributed by atoms with van der Waals surface area (Å²) in [6.07, 6.45) is 1.77. The molecule has 0 radical (unpaired) electrons. The second-order valence-corrected chi connectivity index (χ2v) is 8.09. The van der Waals surface area contributed by atoms with E-state index in [1.54, 1.807) is 6.08 Å². The van der Waals surface area contributed by atoms with Gasteiger partial charge in [-0.2, -0.15) is 0 Å². The molecule has 0 atom stereocenters. The third kappa shape index (κ3) is 3.83. The SMILES string of the molecule is C=CC[Si](C)(C)Oc1cc(F)cc(F)c1. The van der Waals surface area contributed by atoms with E-state index in [0.29, 0.717) is 0 Å². The first-order valence-electron chi connectivity index (χ1n) is 4.69. The molecular weight excluding hydrogens is 214 g/mol. The Morgan fingerprint density at radius 2 is 1.80 bits per heavy atom. The lowest BCUT2D eigenvalue weighted by molar-refractivity contribution is 0.522. The van der Waals surface area contributed by atoms with Gasteiger partial charge in [0.05, 0.1) is 0 Å². The van der Waals surface area contributed by atoms with Crippen LogP contribution in [0.15, 0.2) is 30.9 Å². The molecule has 4 heteroatoms. The molecule has 15 heavy (non-hydrogen) atoms. The Bertz CT molecular complexity index is 343. The lowest BCUT2D eigenvalue weighted by Crippen LogP contribution is -2.33. The smallest absolute Gasteiger partial charge is 0.248 e. The van der Waals surface area contributed by atoms with Crippen LogP contribution in [0, 0.1) is 11.6 Å². The second-order valence-electron chi connectivity index (χ2n) is 3.96. The van der Waals surface area contributed by atoms with Crippen LogP contribution >= 0.6 is 0 Å². The molecule has 0 bridgehead atoms. The van der Waals surface area contributed by atoms with Crippen LogP contribution in [0.1, 0.15) is 0 Å². The van der Waals surface area contributed by atoms with Crippen LogP contribution in [0.3, 0.4) is 0 Å². The summed E-state index contributed by atoms with van der Waals surface area (Å²) >= 11 is 0. The normalized spacial score (nSPS) is 11.2. The van der Waals surface area contributed by atoms with Gasteiger partial charge in [-0.15, -0.1) is 6.58 Å². The Balaban J connectivity index is 2.84.